The predicted molar refractivity (Wildman–Crippen MR) is 65.4 cm³/mol. The molecule has 0 spiro atoms. The normalized spacial score (nSPS) is 26.3. The molecule has 1 saturated heterocycles. The largest absolute Gasteiger partial charge is 0.497 e. The van der Waals surface area contributed by atoms with Gasteiger partial charge in [-0.25, -0.2) is 0 Å². The first-order valence-electron chi connectivity index (χ1n) is 5.74. The maximum Gasteiger partial charge on any atom is 0.230 e. The summed E-state index contributed by atoms with van der Waals surface area (Å²) in [5.74, 6) is 0.861. The molecule has 2 unspecified atom stereocenters. The molecule has 0 saturated carbocycles. The second kappa shape index (κ2) is 3.92. The van der Waals surface area contributed by atoms with Crippen LogP contribution in [0.15, 0.2) is 18.2 Å². The number of methoxy groups -OCH3 is 1. The van der Waals surface area contributed by atoms with Crippen molar-refractivity contribution in [2.75, 3.05) is 30.8 Å². The molecule has 90 valence electrons. The second-order valence-corrected chi connectivity index (χ2v) is 4.42. The number of hydrogen-bond acceptors (Lipinski definition) is 4. The Bertz CT molecular complexity index is 461. The van der Waals surface area contributed by atoms with E-state index < -0.39 is 0 Å². The van der Waals surface area contributed by atoms with Gasteiger partial charge in [0.1, 0.15) is 5.75 Å². The van der Waals surface area contributed by atoms with Crippen LogP contribution < -0.4 is 20.7 Å². The van der Waals surface area contributed by atoms with Gasteiger partial charge in [-0.1, -0.05) is 0 Å². The zero-order valence-corrected chi connectivity index (χ0v) is 9.62. The van der Waals surface area contributed by atoms with Crippen LogP contribution in [0.4, 0.5) is 11.4 Å². The molecule has 2 aliphatic heterocycles. The number of ether oxygens (including phenoxy) is 1. The molecule has 0 aliphatic carbocycles. The first-order chi connectivity index (χ1) is 8.28. The Morgan fingerprint density at radius 3 is 3.00 bits per heavy atom. The third-order valence-corrected chi connectivity index (χ3v) is 3.38. The van der Waals surface area contributed by atoms with Gasteiger partial charge in [-0.2, -0.15) is 0 Å². The molecule has 0 aromatic heterocycles. The van der Waals surface area contributed by atoms with E-state index in [0.717, 1.165) is 30.2 Å². The van der Waals surface area contributed by atoms with Crippen LogP contribution in [0.5, 0.6) is 5.75 Å². The van der Waals surface area contributed by atoms with E-state index in [1.54, 1.807) is 7.11 Å². The molecule has 1 aromatic carbocycles. The standard InChI is InChI=1S/C12H15N3O2/c1-17-7-2-3-9-10(4-7)14-11-6-13-5-8(11)12(16)15-9/h2-4,8,11,13-14H,5-6H2,1H3,(H,15,16). The lowest BCUT2D eigenvalue weighted by Gasteiger charge is -2.15. The van der Waals surface area contributed by atoms with Crippen LogP contribution in [-0.4, -0.2) is 32.1 Å². The summed E-state index contributed by atoms with van der Waals surface area (Å²) in [7, 11) is 1.64. The molecule has 5 heteroatoms. The highest BCUT2D eigenvalue weighted by molar-refractivity contribution is 5.98. The highest BCUT2D eigenvalue weighted by Gasteiger charge is 2.35. The summed E-state index contributed by atoms with van der Waals surface area (Å²) in [5, 5.41) is 9.58. The van der Waals surface area contributed by atoms with Crippen molar-refractivity contribution in [2.45, 2.75) is 6.04 Å². The molecule has 17 heavy (non-hydrogen) atoms. The predicted octanol–water partition coefficient (Wildman–Crippen LogP) is 0.647. The number of anilines is 2. The fourth-order valence-corrected chi connectivity index (χ4v) is 2.41. The van der Waals surface area contributed by atoms with Gasteiger partial charge in [0.05, 0.1) is 30.4 Å². The number of carbonyl (C=O) groups is 1. The van der Waals surface area contributed by atoms with Crippen molar-refractivity contribution in [2.24, 2.45) is 5.92 Å². The van der Waals surface area contributed by atoms with Crippen molar-refractivity contribution in [1.82, 2.24) is 5.32 Å². The second-order valence-electron chi connectivity index (χ2n) is 4.42. The Labute approximate surface area is 99.5 Å². The lowest BCUT2D eigenvalue weighted by molar-refractivity contribution is -0.119. The van der Waals surface area contributed by atoms with Gasteiger partial charge in [0, 0.05) is 19.2 Å². The fourth-order valence-electron chi connectivity index (χ4n) is 2.41. The van der Waals surface area contributed by atoms with Crippen molar-refractivity contribution >= 4 is 17.3 Å². The van der Waals surface area contributed by atoms with Crippen molar-refractivity contribution < 1.29 is 9.53 Å². The van der Waals surface area contributed by atoms with Crippen LogP contribution in [0.25, 0.3) is 0 Å². The van der Waals surface area contributed by atoms with Crippen LogP contribution in [0.3, 0.4) is 0 Å². The van der Waals surface area contributed by atoms with E-state index in [0.29, 0.717) is 0 Å². The minimum atomic E-state index is -0.00612. The zero-order chi connectivity index (χ0) is 11.8. The average Bonchev–Trinajstić information content (AvgIpc) is 2.75. The van der Waals surface area contributed by atoms with Crippen LogP contribution in [-0.2, 0) is 4.79 Å². The summed E-state index contributed by atoms with van der Waals surface area (Å²) >= 11 is 0. The van der Waals surface area contributed by atoms with Crippen molar-refractivity contribution in [3.63, 3.8) is 0 Å². The topological polar surface area (TPSA) is 62.4 Å². The number of nitrogens with one attached hydrogen (secondary N) is 3. The van der Waals surface area contributed by atoms with Crippen molar-refractivity contribution in [1.29, 1.82) is 0 Å². The minimum absolute atomic E-state index is 0.00612. The van der Waals surface area contributed by atoms with Gasteiger partial charge < -0.3 is 20.7 Å². The summed E-state index contributed by atoms with van der Waals surface area (Å²) < 4.78 is 5.19. The number of hydrogen-bond donors (Lipinski definition) is 3. The summed E-state index contributed by atoms with van der Waals surface area (Å²) in [6.07, 6.45) is 0. The summed E-state index contributed by atoms with van der Waals surface area (Å²) in [6, 6.07) is 5.78. The molecule has 1 fully saturated rings. The highest BCUT2D eigenvalue weighted by atomic mass is 16.5. The molecule has 5 nitrogen and oxygen atoms in total. The molecule has 1 aromatic rings. The third kappa shape index (κ3) is 1.72. The van der Waals surface area contributed by atoms with Crippen LogP contribution in [0, 0.1) is 5.92 Å². The molecule has 2 atom stereocenters. The maximum absolute atomic E-state index is 12.0. The zero-order valence-electron chi connectivity index (χ0n) is 9.62. The van der Waals surface area contributed by atoms with Gasteiger partial charge in [0.15, 0.2) is 0 Å². The molecular weight excluding hydrogens is 218 g/mol. The van der Waals surface area contributed by atoms with Crippen LogP contribution >= 0.6 is 0 Å². The minimum Gasteiger partial charge on any atom is -0.497 e. The molecule has 2 aliphatic rings. The summed E-state index contributed by atoms with van der Waals surface area (Å²) in [4.78, 5) is 12.0. The smallest absolute Gasteiger partial charge is 0.230 e. The lowest BCUT2D eigenvalue weighted by atomic mass is 10.0. The molecule has 1 amide bonds. The van der Waals surface area contributed by atoms with Crippen molar-refractivity contribution in [3.8, 4) is 5.75 Å². The van der Waals surface area contributed by atoms with E-state index in [1.165, 1.54) is 0 Å². The quantitative estimate of drug-likeness (QED) is 0.666. The SMILES string of the molecule is COc1ccc2c(c1)NC1CNCC1C(=O)N2. The average molecular weight is 233 g/mol. The number of carbonyl (C=O) groups excluding carboxylic acids is 1. The van der Waals surface area contributed by atoms with Gasteiger partial charge in [-0.15, -0.1) is 0 Å². The molecule has 2 heterocycles. The number of benzene rings is 1. The van der Waals surface area contributed by atoms with Gasteiger partial charge >= 0.3 is 0 Å². The molecule has 0 radical (unpaired) electrons. The Morgan fingerprint density at radius 1 is 1.29 bits per heavy atom. The molecule has 3 rings (SSSR count). The Hall–Kier alpha value is -1.75. The van der Waals surface area contributed by atoms with E-state index in [1.807, 2.05) is 18.2 Å². The summed E-state index contributed by atoms with van der Waals surface area (Å²) in [5.41, 5.74) is 1.75. The number of fused-ring (bicyclic) bond motifs is 2. The van der Waals surface area contributed by atoms with Crippen LogP contribution in [0.2, 0.25) is 0 Å². The van der Waals surface area contributed by atoms with Gasteiger partial charge in [-0.3, -0.25) is 4.79 Å². The van der Waals surface area contributed by atoms with Gasteiger partial charge in [0.2, 0.25) is 5.91 Å². The van der Waals surface area contributed by atoms with E-state index >= 15 is 0 Å². The lowest BCUT2D eigenvalue weighted by Crippen LogP contribution is -2.33. The maximum atomic E-state index is 12.0. The summed E-state index contributed by atoms with van der Waals surface area (Å²) in [6.45, 7) is 1.54. The number of amides is 1. The Balaban J connectivity index is 1.98. The van der Waals surface area contributed by atoms with Crippen LogP contribution in [0.1, 0.15) is 0 Å². The monoisotopic (exact) mass is 233 g/mol. The molecular formula is C12H15N3O2. The van der Waals surface area contributed by atoms with E-state index in [4.69, 9.17) is 4.74 Å². The van der Waals surface area contributed by atoms with E-state index in [2.05, 4.69) is 16.0 Å². The Kier molecular flexibility index (Phi) is 2.40. The Morgan fingerprint density at radius 2 is 2.18 bits per heavy atom. The number of rotatable bonds is 1. The first kappa shape index (κ1) is 10.4. The third-order valence-electron chi connectivity index (χ3n) is 3.38. The fraction of sp³-hybridized carbons (Fsp3) is 0.417. The molecule has 3 N–H and O–H groups in total. The molecule has 0 bridgehead atoms. The van der Waals surface area contributed by atoms with E-state index in [9.17, 15) is 4.79 Å². The van der Waals surface area contributed by atoms with Crippen molar-refractivity contribution in [3.05, 3.63) is 18.2 Å². The first-order valence-corrected chi connectivity index (χ1v) is 5.74. The van der Waals surface area contributed by atoms with Gasteiger partial charge in [0.25, 0.3) is 0 Å². The van der Waals surface area contributed by atoms with E-state index in [-0.39, 0.29) is 17.9 Å². The highest BCUT2D eigenvalue weighted by Crippen LogP contribution is 2.32. The van der Waals surface area contributed by atoms with Gasteiger partial charge in [-0.05, 0) is 12.1 Å².